The molecule has 0 radical (unpaired) electrons. The van der Waals surface area contributed by atoms with E-state index in [1.54, 1.807) is 0 Å². The highest BCUT2D eigenvalue weighted by atomic mass is 16.5. The quantitative estimate of drug-likeness (QED) is 0.537. The number of ether oxygens (including phenoxy) is 1. The van der Waals surface area contributed by atoms with Gasteiger partial charge in [-0.1, -0.05) is 37.6 Å². The second kappa shape index (κ2) is 3.90. The second-order valence-corrected chi connectivity index (χ2v) is 4.30. The van der Waals surface area contributed by atoms with E-state index in [9.17, 15) is 0 Å². The van der Waals surface area contributed by atoms with Crippen molar-refractivity contribution in [2.24, 2.45) is 5.41 Å². The summed E-state index contributed by atoms with van der Waals surface area (Å²) in [5.41, 5.74) is 1.72. The van der Waals surface area contributed by atoms with Crippen LogP contribution in [0.2, 0.25) is 0 Å². The van der Waals surface area contributed by atoms with Crippen molar-refractivity contribution in [1.82, 2.24) is 0 Å². The Morgan fingerprint density at radius 3 is 2.92 bits per heavy atom. The maximum Gasteiger partial charge on any atom is 0.0650 e. The Labute approximate surface area is 75.1 Å². The first kappa shape index (κ1) is 9.53. The fraction of sp³-hybridized carbons (Fsp3) is 0.636. The van der Waals surface area contributed by atoms with E-state index >= 15 is 0 Å². The molecule has 12 heavy (non-hydrogen) atoms. The highest BCUT2D eigenvalue weighted by Crippen LogP contribution is 2.25. The normalized spacial score (nSPS) is 30.8. The molecule has 1 heteroatoms. The van der Waals surface area contributed by atoms with E-state index in [4.69, 9.17) is 4.74 Å². The Morgan fingerprint density at radius 1 is 1.42 bits per heavy atom. The smallest absolute Gasteiger partial charge is 0.0650 e. The number of hydrogen-bond acceptors (Lipinski definition) is 1. The van der Waals surface area contributed by atoms with Gasteiger partial charge in [0.2, 0.25) is 0 Å². The molecular weight excluding hydrogens is 148 g/mol. The molecule has 0 saturated carbocycles. The van der Waals surface area contributed by atoms with Crippen LogP contribution in [0.1, 0.15) is 27.2 Å². The average molecular weight is 166 g/mol. The maximum absolute atomic E-state index is 5.50. The van der Waals surface area contributed by atoms with E-state index in [1.807, 2.05) is 0 Å². The van der Waals surface area contributed by atoms with Gasteiger partial charge in [-0.2, -0.15) is 0 Å². The lowest BCUT2D eigenvalue weighted by Crippen LogP contribution is -2.19. The second-order valence-electron chi connectivity index (χ2n) is 4.30. The van der Waals surface area contributed by atoms with Crippen molar-refractivity contribution >= 4 is 0 Å². The van der Waals surface area contributed by atoms with Gasteiger partial charge in [-0.25, -0.2) is 0 Å². The molecule has 0 amide bonds. The number of hydrogen-bond donors (Lipinski definition) is 0. The van der Waals surface area contributed by atoms with Gasteiger partial charge in [-0.05, 0) is 18.8 Å². The molecule has 1 aliphatic rings. The van der Waals surface area contributed by atoms with Gasteiger partial charge in [-0.3, -0.25) is 0 Å². The van der Waals surface area contributed by atoms with Crippen molar-refractivity contribution < 1.29 is 4.74 Å². The Kier molecular flexibility index (Phi) is 3.10. The van der Waals surface area contributed by atoms with Crippen molar-refractivity contribution in [1.29, 1.82) is 0 Å². The summed E-state index contributed by atoms with van der Waals surface area (Å²) in [7, 11) is 0. The first-order valence-electron chi connectivity index (χ1n) is 4.50. The third-order valence-electron chi connectivity index (χ3n) is 1.98. The van der Waals surface area contributed by atoms with E-state index in [-0.39, 0.29) is 5.41 Å². The Balaban J connectivity index is 2.66. The summed E-state index contributed by atoms with van der Waals surface area (Å²) in [6.45, 7) is 8.26. The summed E-state index contributed by atoms with van der Waals surface area (Å²) in [5, 5.41) is 0. The van der Waals surface area contributed by atoms with Gasteiger partial charge in [0.05, 0.1) is 13.2 Å². The van der Waals surface area contributed by atoms with Crippen LogP contribution in [0.15, 0.2) is 23.8 Å². The SMILES string of the molecule is C/C1=C/C=C\COCC(C)(C)C1. The average Bonchev–Trinajstić information content (AvgIpc) is 1.99. The lowest BCUT2D eigenvalue weighted by Gasteiger charge is -2.23. The van der Waals surface area contributed by atoms with E-state index < -0.39 is 0 Å². The van der Waals surface area contributed by atoms with Crippen molar-refractivity contribution in [3.8, 4) is 0 Å². The summed E-state index contributed by atoms with van der Waals surface area (Å²) in [5.74, 6) is 0. The lowest BCUT2D eigenvalue weighted by atomic mass is 9.87. The molecule has 0 aromatic heterocycles. The Hall–Kier alpha value is -0.560. The molecule has 0 atom stereocenters. The van der Waals surface area contributed by atoms with Crippen LogP contribution in [0, 0.1) is 5.41 Å². The first-order chi connectivity index (χ1) is 5.60. The van der Waals surface area contributed by atoms with E-state index in [0.717, 1.165) is 19.6 Å². The molecule has 1 rings (SSSR count). The third kappa shape index (κ3) is 3.22. The van der Waals surface area contributed by atoms with E-state index in [2.05, 4.69) is 39.0 Å². The van der Waals surface area contributed by atoms with Crippen LogP contribution in [-0.2, 0) is 4.74 Å². The molecule has 0 saturated heterocycles. The Morgan fingerprint density at radius 2 is 2.17 bits per heavy atom. The molecule has 0 aliphatic carbocycles. The molecule has 1 heterocycles. The predicted molar refractivity (Wildman–Crippen MR) is 52.1 cm³/mol. The molecule has 0 spiro atoms. The zero-order chi connectivity index (χ0) is 9.03. The van der Waals surface area contributed by atoms with Crippen LogP contribution in [0.5, 0.6) is 0 Å². The monoisotopic (exact) mass is 166 g/mol. The van der Waals surface area contributed by atoms with Gasteiger partial charge >= 0.3 is 0 Å². The zero-order valence-electron chi connectivity index (χ0n) is 8.26. The Bertz CT molecular complexity index is 199. The molecule has 1 nitrogen and oxygen atoms in total. The minimum atomic E-state index is 0.284. The van der Waals surface area contributed by atoms with Crippen molar-refractivity contribution in [2.45, 2.75) is 27.2 Å². The predicted octanol–water partition coefficient (Wildman–Crippen LogP) is 2.94. The first-order valence-corrected chi connectivity index (χ1v) is 4.50. The minimum Gasteiger partial charge on any atom is -0.377 e. The molecule has 68 valence electrons. The largest absolute Gasteiger partial charge is 0.377 e. The van der Waals surface area contributed by atoms with Crippen LogP contribution in [0.25, 0.3) is 0 Å². The molecule has 0 N–H and O–H groups in total. The third-order valence-corrected chi connectivity index (χ3v) is 1.98. The fourth-order valence-electron chi connectivity index (χ4n) is 1.56. The van der Waals surface area contributed by atoms with Crippen LogP contribution < -0.4 is 0 Å². The molecule has 0 aromatic carbocycles. The van der Waals surface area contributed by atoms with Crippen LogP contribution in [0.3, 0.4) is 0 Å². The zero-order valence-corrected chi connectivity index (χ0v) is 8.26. The number of rotatable bonds is 0. The van der Waals surface area contributed by atoms with Gasteiger partial charge in [0.1, 0.15) is 0 Å². The topological polar surface area (TPSA) is 9.23 Å². The van der Waals surface area contributed by atoms with Crippen LogP contribution in [-0.4, -0.2) is 13.2 Å². The summed E-state index contributed by atoms with van der Waals surface area (Å²) in [6.07, 6.45) is 7.44. The molecular formula is C11H18O. The van der Waals surface area contributed by atoms with Gasteiger partial charge in [0.25, 0.3) is 0 Å². The molecule has 0 fully saturated rings. The molecule has 0 bridgehead atoms. The maximum atomic E-state index is 5.50. The highest BCUT2D eigenvalue weighted by molar-refractivity contribution is 5.12. The fourth-order valence-corrected chi connectivity index (χ4v) is 1.56. The lowest BCUT2D eigenvalue weighted by molar-refractivity contribution is 0.0813. The van der Waals surface area contributed by atoms with Crippen molar-refractivity contribution in [2.75, 3.05) is 13.2 Å². The summed E-state index contributed by atoms with van der Waals surface area (Å²) in [4.78, 5) is 0. The van der Waals surface area contributed by atoms with Crippen molar-refractivity contribution in [3.63, 3.8) is 0 Å². The summed E-state index contributed by atoms with van der Waals surface area (Å²) >= 11 is 0. The summed E-state index contributed by atoms with van der Waals surface area (Å²) in [6, 6.07) is 0. The number of allylic oxidation sites excluding steroid dienone is 3. The molecule has 1 aliphatic heterocycles. The summed E-state index contributed by atoms with van der Waals surface area (Å²) < 4.78 is 5.50. The standard InChI is InChI=1S/C11H18O/c1-10-6-4-5-7-12-9-11(2,3)8-10/h4-6H,7-9H2,1-3H3/b5-4-,10-6-. The molecule has 0 unspecified atom stereocenters. The van der Waals surface area contributed by atoms with Gasteiger partial charge in [0.15, 0.2) is 0 Å². The van der Waals surface area contributed by atoms with E-state index in [0.29, 0.717) is 0 Å². The van der Waals surface area contributed by atoms with Crippen molar-refractivity contribution in [3.05, 3.63) is 23.8 Å². The van der Waals surface area contributed by atoms with Gasteiger partial charge in [0, 0.05) is 0 Å². The van der Waals surface area contributed by atoms with Crippen LogP contribution in [0.4, 0.5) is 0 Å². The highest BCUT2D eigenvalue weighted by Gasteiger charge is 2.18. The molecule has 0 aromatic rings. The minimum absolute atomic E-state index is 0.284. The van der Waals surface area contributed by atoms with Crippen LogP contribution >= 0.6 is 0 Å². The van der Waals surface area contributed by atoms with E-state index in [1.165, 1.54) is 5.57 Å². The van der Waals surface area contributed by atoms with Gasteiger partial charge < -0.3 is 4.74 Å². The van der Waals surface area contributed by atoms with Gasteiger partial charge in [-0.15, -0.1) is 0 Å².